The summed E-state index contributed by atoms with van der Waals surface area (Å²) < 4.78 is 21.0. The van der Waals surface area contributed by atoms with Crippen LogP contribution in [0, 0.1) is 0 Å². The van der Waals surface area contributed by atoms with E-state index in [9.17, 15) is 0 Å². The Morgan fingerprint density at radius 1 is 1.00 bits per heavy atom. The van der Waals surface area contributed by atoms with E-state index in [0.717, 1.165) is 0 Å². The molecule has 0 aliphatic carbocycles. The van der Waals surface area contributed by atoms with Gasteiger partial charge in [-0.3, -0.25) is 0 Å². The van der Waals surface area contributed by atoms with Crippen LogP contribution in [0.25, 0.3) is 0 Å². The van der Waals surface area contributed by atoms with E-state index in [1.807, 2.05) is 13.8 Å². The van der Waals surface area contributed by atoms with Gasteiger partial charge in [-0.25, -0.2) is 4.98 Å². The Labute approximate surface area is 130 Å². The van der Waals surface area contributed by atoms with Crippen LogP contribution in [0.1, 0.15) is 25.6 Å². The number of ether oxygens (including phenoxy) is 4. The summed E-state index contributed by atoms with van der Waals surface area (Å²) >= 11 is 5.93. The summed E-state index contributed by atoms with van der Waals surface area (Å²) in [6, 6.07) is 1.60. The van der Waals surface area contributed by atoms with Crippen molar-refractivity contribution in [3.8, 4) is 5.88 Å². The quantitative estimate of drug-likeness (QED) is 0.461. The smallest absolute Gasteiger partial charge is 0.218 e. The molecule has 0 bridgehead atoms. The molecule has 0 atom stereocenters. The summed E-state index contributed by atoms with van der Waals surface area (Å²) in [6.07, 6.45) is 0. The highest BCUT2D eigenvalue weighted by Crippen LogP contribution is 2.18. The molecule has 0 aliphatic heterocycles. The van der Waals surface area contributed by atoms with Crippen LogP contribution in [-0.4, -0.2) is 56.7 Å². The third-order valence-electron chi connectivity index (χ3n) is 2.49. The fourth-order valence-electron chi connectivity index (χ4n) is 1.42. The molecule has 1 aromatic heterocycles. The van der Waals surface area contributed by atoms with Gasteiger partial charge in [-0.15, -0.1) is 0 Å². The summed E-state index contributed by atoms with van der Waals surface area (Å²) in [5.74, 6) is 1.34. The van der Waals surface area contributed by atoms with Crippen LogP contribution in [0.2, 0.25) is 5.15 Å². The lowest BCUT2D eigenvalue weighted by molar-refractivity contribution is 0.0176. The summed E-state index contributed by atoms with van der Waals surface area (Å²) in [5, 5.41) is 0.385. The largest absolute Gasteiger partial charge is 0.475 e. The Morgan fingerprint density at radius 2 is 1.62 bits per heavy atom. The van der Waals surface area contributed by atoms with Crippen LogP contribution in [0.15, 0.2) is 6.07 Å². The van der Waals surface area contributed by atoms with E-state index in [2.05, 4.69) is 9.97 Å². The standard InChI is InChI=1S/C14H23ClN2O4/c1-11(2)14-16-12(15)10-13(17-14)21-9-8-20-7-6-19-5-4-18-3/h10-11H,4-9H2,1-3H3. The zero-order chi connectivity index (χ0) is 15.5. The van der Waals surface area contributed by atoms with Crippen LogP contribution in [0.4, 0.5) is 0 Å². The fraction of sp³-hybridized carbons (Fsp3) is 0.714. The molecule has 0 amide bonds. The topological polar surface area (TPSA) is 62.7 Å². The normalized spacial score (nSPS) is 11.1. The van der Waals surface area contributed by atoms with Crippen molar-refractivity contribution >= 4 is 11.6 Å². The lowest BCUT2D eigenvalue weighted by atomic mass is 10.2. The minimum Gasteiger partial charge on any atom is -0.475 e. The molecule has 0 saturated carbocycles. The van der Waals surface area contributed by atoms with Gasteiger partial charge >= 0.3 is 0 Å². The molecule has 120 valence electrons. The molecule has 1 heterocycles. The summed E-state index contributed by atoms with van der Waals surface area (Å²) in [6.45, 7) is 7.11. The van der Waals surface area contributed by atoms with E-state index >= 15 is 0 Å². The number of rotatable bonds is 11. The molecule has 0 fully saturated rings. The highest BCUT2D eigenvalue weighted by molar-refractivity contribution is 6.29. The predicted molar refractivity (Wildman–Crippen MR) is 80.1 cm³/mol. The van der Waals surface area contributed by atoms with Crippen molar-refractivity contribution in [2.75, 3.05) is 46.8 Å². The fourth-order valence-corrected chi connectivity index (χ4v) is 1.60. The number of methoxy groups -OCH3 is 1. The first-order valence-electron chi connectivity index (χ1n) is 6.95. The van der Waals surface area contributed by atoms with Crippen molar-refractivity contribution < 1.29 is 18.9 Å². The zero-order valence-electron chi connectivity index (χ0n) is 12.8. The average Bonchev–Trinajstić information content (AvgIpc) is 2.45. The number of aromatic nitrogens is 2. The Bertz CT molecular complexity index is 405. The van der Waals surface area contributed by atoms with Crippen molar-refractivity contribution in [1.82, 2.24) is 9.97 Å². The van der Waals surface area contributed by atoms with Gasteiger partial charge in [-0.05, 0) is 0 Å². The molecule has 0 radical (unpaired) electrons. The number of hydrogen-bond donors (Lipinski definition) is 0. The van der Waals surface area contributed by atoms with Crippen molar-refractivity contribution in [2.24, 2.45) is 0 Å². The first-order valence-corrected chi connectivity index (χ1v) is 7.33. The van der Waals surface area contributed by atoms with E-state index in [-0.39, 0.29) is 5.92 Å². The first-order chi connectivity index (χ1) is 10.1. The van der Waals surface area contributed by atoms with Gasteiger partial charge in [0.2, 0.25) is 5.88 Å². The van der Waals surface area contributed by atoms with Crippen LogP contribution in [0.3, 0.4) is 0 Å². The molecule has 0 saturated heterocycles. The Hall–Kier alpha value is -0.950. The second-order valence-corrected chi connectivity index (χ2v) is 5.00. The highest BCUT2D eigenvalue weighted by atomic mass is 35.5. The molecule has 1 rings (SSSR count). The lowest BCUT2D eigenvalue weighted by Crippen LogP contribution is -2.13. The second-order valence-electron chi connectivity index (χ2n) is 4.61. The molecule has 7 heteroatoms. The van der Waals surface area contributed by atoms with Gasteiger partial charge in [0.1, 0.15) is 17.6 Å². The number of nitrogens with zero attached hydrogens (tertiary/aromatic N) is 2. The molecule has 0 N–H and O–H groups in total. The van der Waals surface area contributed by atoms with E-state index < -0.39 is 0 Å². The van der Waals surface area contributed by atoms with Gasteiger partial charge in [0.25, 0.3) is 0 Å². The molecular weight excluding hydrogens is 296 g/mol. The van der Waals surface area contributed by atoms with Crippen molar-refractivity contribution in [3.05, 3.63) is 17.0 Å². The van der Waals surface area contributed by atoms with E-state index in [1.54, 1.807) is 13.2 Å². The van der Waals surface area contributed by atoms with E-state index in [0.29, 0.717) is 56.5 Å². The maximum atomic E-state index is 5.93. The van der Waals surface area contributed by atoms with E-state index in [4.69, 9.17) is 30.5 Å². The number of hydrogen-bond acceptors (Lipinski definition) is 6. The SMILES string of the molecule is COCCOCCOCCOc1cc(Cl)nc(C(C)C)n1. The highest BCUT2D eigenvalue weighted by Gasteiger charge is 2.07. The summed E-state index contributed by atoms with van der Waals surface area (Å²) in [5.41, 5.74) is 0. The van der Waals surface area contributed by atoms with Gasteiger partial charge in [-0.2, -0.15) is 4.98 Å². The molecule has 0 aliphatic rings. The zero-order valence-corrected chi connectivity index (χ0v) is 13.6. The van der Waals surface area contributed by atoms with Crippen LogP contribution in [-0.2, 0) is 14.2 Å². The van der Waals surface area contributed by atoms with Gasteiger partial charge in [-0.1, -0.05) is 25.4 Å². The van der Waals surface area contributed by atoms with Crippen molar-refractivity contribution in [2.45, 2.75) is 19.8 Å². The van der Waals surface area contributed by atoms with Crippen LogP contribution < -0.4 is 4.74 Å². The van der Waals surface area contributed by atoms with Crippen LogP contribution in [0.5, 0.6) is 5.88 Å². The summed E-state index contributed by atoms with van der Waals surface area (Å²) in [4.78, 5) is 8.43. The molecule has 0 unspecified atom stereocenters. The maximum absolute atomic E-state index is 5.93. The lowest BCUT2D eigenvalue weighted by Gasteiger charge is -2.09. The van der Waals surface area contributed by atoms with Crippen LogP contribution >= 0.6 is 11.6 Å². The molecule has 0 aromatic carbocycles. The van der Waals surface area contributed by atoms with Gasteiger partial charge < -0.3 is 18.9 Å². The first kappa shape index (κ1) is 18.1. The third kappa shape index (κ3) is 8.16. The van der Waals surface area contributed by atoms with Gasteiger partial charge in [0, 0.05) is 19.1 Å². The maximum Gasteiger partial charge on any atom is 0.218 e. The molecule has 6 nitrogen and oxygen atoms in total. The monoisotopic (exact) mass is 318 g/mol. The Balaban J connectivity index is 2.15. The summed E-state index contributed by atoms with van der Waals surface area (Å²) in [7, 11) is 1.64. The van der Waals surface area contributed by atoms with Crippen molar-refractivity contribution in [3.63, 3.8) is 0 Å². The van der Waals surface area contributed by atoms with E-state index in [1.165, 1.54) is 0 Å². The number of halogens is 1. The molecular formula is C14H23ClN2O4. The second kappa shape index (κ2) is 10.7. The van der Waals surface area contributed by atoms with Gasteiger partial charge in [0.05, 0.1) is 33.0 Å². The predicted octanol–water partition coefficient (Wildman–Crippen LogP) is 2.31. The molecule has 21 heavy (non-hydrogen) atoms. The Kier molecular flexibility index (Phi) is 9.25. The average molecular weight is 319 g/mol. The van der Waals surface area contributed by atoms with Crippen molar-refractivity contribution in [1.29, 1.82) is 0 Å². The Morgan fingerprint density at radius 3 is 2.24 bits per heavy atom. The third-order valence-corrected chi connectivity index (χ3v) is 2.68. The van der Waals surface area contributed by atoms with Gasteiger partial charge in [0.15, 0.2) is 0 Å². The minimum atomic E-state index is 0.201. The minimum absolute atomic E-state index is 0.201. The molecule has 1 aromatic rings. The molecule has 0 spiro atoms.